The van der Waals surface area contributed by atoms with E-state index in [0.717, 1.165) is 11.1 Å². The second-order valence-corrected chi connectivity index (χ2v) is 4.79. The first-order valence-electron chi connectivity index (χ1n) is 5.75. The quantitative estimate of drug-likeness (QED) is 0.889. The highest BCUT2D eigenvalue weighted by molar-refractivity contribution is 7.09. The van der Waals surface area contributed by atoms with Gasteiger partial charge in [-0.05, 0) is 0 Å². The fraction of sp³-hybridized carbons (Fsp3) is 0.364. The van der Waals surface area contributed by atoms with Gasteiger partial charge in [-0.2, -0.15) is 18.2 Å². The van der Waals surface area contributed by atoms with Crippen LogP contribution in [0.2, 0.25) is 0 Å². The summed E-state index contributed by atoms with van der Waals surface area (Å²) in [6.45, 7) is 0.449. The molecule has 2 aromatic heterocycles. The molecule has 2 N–H and O–H groups in total. The van der Waals surface area contributed by atoms with Crippen LogP contribution >= 0.6 is 11.3 Å². The molecule has 0 aromatic carbocycles. The Kier molecular flexibility index (Phi) is 4.38. The van der Waals surface area contributed by atoms with Crippen LogP contribution in [0.15, 0.2) is 17.6 Å². The van der Waals surface area contributed by atoms with Gasteiger partial charge in [-0.3, -0.25) is 0 Å². The van der Waals surface area contributed by atoms with Crippen LogP contribution in [0.4, 0.5) is 24.9 Å². The summed E-state index contributed by atoms with van der Waals surface area (Å²) in [5, 5.41) is 8.12. The molecule has 0 fully saturated rings. The van der Waals surface area contributed by atoms with E-state index in [4.69, 9.17) is 0 Å². The molecule has 0 atom stereocenters. The first kappa shape index (κ1) is 14.5. The fourth-order valence-corrected chi connectivity index (χ4v) is 2.09. The van der Waals surface area contributed by atoms with Crippen LogP contribution in [-0.2, 0) is 12.6 Å². The van der Waals surface area contributed by atoms with Gasteiger partial charge in [0.1, 0.15) is 5.82 Å². The van der Waals surface area contributed by atoms with E-state index in [2.05, 4.69) is 25.6 Å². The van der Waals surface area contributed by atoms with Gasteiger partial charge in [0, 0.05) is 37.7 Å². The predicted molar refractivity (Wildman–Crippen MR) is 70.9 cm³/mol. The Balaban J connectivity index is 2.06. The molecule has 0 bridgehead atoms. The zero-order valence-corrected chi connectivity index (χ0v) is 11.3. The Morgan fingerprint density at radius 2 is 2.10 bits per heavy atom. The molecule has 0 aliphatic heterocycles. The molecule has 0 amide bonds. The molecule has 0 saturated carbocycles. The van der Waals surface area contributed by atoms with Gasteiger partial charge in [0.05, 0.1) is 5.01 Å². The molecule has 0 unspecified atom stereocenters. The van der Waals surface area contributed by atoms with Crippen molar-refractivity contribution in [3.63, 3.8) is 0 Å². The Morgan fingerprint density at radius 3 is 2.70 bits per heavy atom. The van der Waals surface area contributed by atoms with Gasteiger partial charge in [-0.25, -0.2) is 9.97 Å². The average Bonchev–Trinajstić information content (AvgIpc) is 2.90. The van der Waals surface area contributed by atoms with Gasteiger partial charge in [0.2, 0.25) is 5.95 Å². The summed E-state index contributed by atoms with van der Waals surface area (Å²) in [4.78, 5) is 11.4. The van der Waals surface area contributed by atoms with E-state index in [1.165, 1.54) is 18.4 Å². The maximum absolute atomic E-state index is 12.7. The molecule has 0 spiro atoms. The minimum Gasteiger partial charge on any atom is -0.369 e. The van der Waals surface area contributed by atoms with Gasteiger partial charge in [-0.15, -0.1) is 11.3 Å². The molecule has 0 radical (unpaired) electrons. The van der Waals surface area contributed by atoms with Crippen molar-refractivity contribution in [1.29, 1.82) is 0 Å². The number of nitrogens with zero attached hydrogens (tertiary/aromatic N) is 3. The third-order valence-corrected chi connectivity index (χ3v) is 3.21. The van der Waals surface area contributed by atoms with E-state index in [9.17, 15) is 13.2 Å². The summed E-state index contributed by atoms with van der Waals surface area (Å²) in [6.07, 6.45) is -2.19. The van der Waals surface area contributed by atoms with E-state index in [0.29, 0.717) is 13.0 Å². The van der Waals surface area contributed by atoms with Crippen LogP contribution in [0, 0.1) is 0 Å². The second-order valence-electron chi connectivity index (χ2n) is 3.81. The van der Waals surface area contributed by atoms with E-state index in [-0.39, 0.29) is 11.8 Å². The number of rotatable bonds is 5. The van der Waals surface area contributed by atoms with E-state index in [1.807, 2.05) is 5.38 Å². The van der Waals surface area contributed by atoms with Crippen molar-refractivity contribution in [2.75, 3.05) is 24.2 Å². The minimum atomic E-state index is -4.50. The van der Waals surface area contributed by atoms with Crippen LogP contribution in [0.1, 0.15) is 10.7 Å². The van der Waals surface area contributed by atoms with Crippen molar-refractivity contribution in [3.8, 4) is 0 Å². The molecule has 20 heavy (non-hydrogen) atoms. The number of hydrogen-bond acceptors (Lipinski definition) is 6. The largest absolute Gasteiger partial charge is 0.433 e. The molecular weight excluding hydrogens is 291 g/mol. The standard InChI is InChI=1S/C11H12F3N5S/c1-15-10-18-7(11(12,13)14)6-8(19-10)16-3-2-9-17-4-5-20-9/h4-6H,2-3H2,1H3,(H2,15,16,18,19). The third-order valence-electron chi connectivity index (χ3n) is 2.37. The zero-order chi connectivity index (χ0) is 14.6. The van der Waals surface area contributed by atoms with Gasteiger partial charge in [0.15, 0.2) is 5.69 Å². The summed E-state index contributed by atoms with van der Waals surface area (Å²) in [5.74, 6) is 0.0600. The smallest absolute Gasteiger partial charge is 0.369 e. The lowest BCUT2D eigenvalue weighted by atomic mass is 10.3. The molecule has 108 valence electrons. The number of anilines is 2. The normalized spacial score (nSPS) is 11.4. The van der Waals surface area contributed by atoms with E-state index < -0.39 is 11.9 Å². The fourth-order valence-electron chi connectivity index (χ4n) is 1.47. The summed E-state index contributed by atoms with van der Waals surface area (Å²) < 4.78 is 38.0. The van der Waals surface area contributed by atoms with Crippen LogP contribution in [-0.4, -0.2) is 28.5 Å². The monoisotopic (exact) mass is 303 g/mol. The number of aromatic nitrogens is 3. The van der Waals surface area contributed by atoms with Gasteiger partial charge in [-0.1, -0.05) is 0 Å². The molecule has 2 aromatic rings. The summed E-state index contributed by atoms with van der Waals surface area (Å²) >= 11 is 1.50. The average molecular weight is 303 g/mol. The second kappa shape index (κ2) is 6.04. The van der Waals surface area contributed by atoms with Crippen LogP contribution in [0.25, 0.3) is 0 Å². The van der Waals surface area contributed by atoms with Crippen molar-refractivity contribution in [3.05, 3.63) is 28.3 Å². The Morgan fingerprint density at radius 1 is 1.30 bits per heavy atom. The number of nitrogens with one attached hydrogen (secondary N) is 2. The minimum absolute atomic E-state index is 0.0726. The first-order valence-corrected chi connectivity index (χ1v) is 6.63. The van der Waals surface area contributed by atoms with Crippen molar-refractivity contribution in [1.82, 2.24) is 15.0 Å². The molecule has 5 nitrogen and oxygen atoms in total. The summed E-state index contributed by atoms with van der Waals surface area (Å²) in [5.41, 5.74) is -0.978. The molecule has 0 aliphatic carbocycles. The molecule has 0 saturated heterocycles. The molecule has 9 heteroatoms. The van der Waals surface area contributed by atoms with Crippen LogP contribution < -0.4 is 10.6 Å². The van der Waals surface area contributed by atoms with E-state index >= 15 is 0 Å². The van der Waals surface area contributed by atoms with Crippen molar-refractivity contribution in [2.45, 2.75) is 12.6 Å². The first-order chi connectivity index (χ1) is 9.49. The van der Waals surface area contributed by atoms with Gasteiger partial charge >= 0.3 is 6.18 Å². The van der Waals surface area contributed by atoms with Crippen LogP contribution in [0.5, 0.6) is 0 Å². The predicted octanol–water partition coefficient (Wildman–Crippen LogP) is 2.65. The number of hydrogen-bond donors (Lipinski definition) is 2. The highest BCUT2D eigenvalue weighted by Gasteiger charge is 2.33. The van der Waals surface area contributed by atoms with Crippen molar-refractivity contribution in [2.24, 2.45) is 0 Å². The lowest BCUT2D eigenvalue weighted by Crippen LogP contribution is -2.14. The van der Waals surface area contributed by atoms with Crippen molar-refractivity contribution >= 4 is 23.1 Å². The zero-order valence-electron chi connectivity index (χ0n) is 10.5. The summed E-state index contributed by atoms with van der Waals surface area (Å²) in [6, 6.07) is 0.892. The van der Waals surface area contributed by atoms with Crippen molar-refractivity contribution < 1.29 is 13.2 Å². The maximum atomic E-state index is 12.7. The van der Waals surface area contributed by atoms with E-state index in [1.54, 1.807) is 6.20 Å². The molecule has 0 aliphatic rings. The third kappa shape index (κ3) is 3.80. The highest BCUT2D eigenvalue weighted by Crippen LogP contribution is 2.29. The highest BCUT2D eigenvalue weighted by atomic mass is 32.1. The lowest BCUT2D eigenvalue weighted by Gasteiger charge is -2.11. The van der Waals surface area contributed by atoms with Crippen LogP contribution in [0.3, 0.4) is 0 Å². The topological polar surface area (TPSA) is 62.7 Å². The number of alkyl halides is 3. The Bertz CT molecular complexity index is 556. The van der Waals surface area contributed by atoms with Gasteiger partial charge < -0.3 is 10.6 Å². The number of thiazole rings is 1. The summed E-state index contributed by atoms with van der Waals surface area (Å²) in [7, 11) is 1.47. The molecular formula is C11H12F3N5S. The lowest BCUT2D eigenvalue weighted by molar-refractivity contribution is -0.141. The number of halogens is 3. The SMILES string of the molecule is CNc1nc(NCCc2nccs2)cc(C(F)(F)F)n1. The molecule has 2 rings (SSSR count). The molecule has 2 heterocycles. The maximum Gasteiger partial charge on any atom is 0.433 e. The Hall–Kier alpha value is -1.90. The Labute approximate surface area is 117 Å². The van der Waals surface area contributed by atoms with Gasteiger partial charge in [0.25, 0.3) is 0 Å².